The lowest BCUT2D eigenvalue weighted by Crippen LogP contribution is -2.17. The van der Waals surface area contributed by atoms with Crippen LogP contribution in [0.1, 0.15) is 25.0 Å². The number of furan rings is 1. The van der Waals surface area contributed by atoms with Crippen LogP contribution in [-0.4, -0.2) is 0 Å². The SMILES string of the molecule is CC1(C)c2cc(-c3ccccc3)ccc2-c2ccc(N(c3ccccc3)c3ccccc3-c3cccc4oc5ccccc5c34)cc21. The van der Waals surface area contributed by atoms with Crippen molar-refractivity contribution in [3.05, 3.63) is 175 Å². The van der Waals surface area contributed by atoms with Gasteiger partial charge in [0.05, 0.1) is 5.69 Å². The minimum Gasteiger partial charge on any atom is -0.456 e. The van der Waals surface area contributed by atoms with Crippen molar-refractivity contribution in [1.29, 1.82) is 0 Å². The van der Waals surface area contributed by atoms with E-state index in [1.165, 1.54) is 33.4 Å². The van der Waals surface area contributed by atoms with Gasteiger partial charge in [0, 0.05) is 33.1 Å². The molecule has 0 aliphatic heterocycles. The Morgan fingerprint density at radius 3 is 1.91 bits per heavy atom. The van der Waals surface area contributed by atoms with E-state index in [0.29, 0.717) is 0 Å². The summed E-state index contributed by atoms with van der Waals surface area (Å²) < 4.78 is 6.31. The highest BCUT2D eigenvalue weighted by molar-refractivity contribution is 6.13. The number of hydrogen-bond donors (Lipinski definition) is 0. The molecule has 0 amide bonds. The first-order valence-corrected chi connectivity index (χ1v) is 16.3. The van der Waals surface area contributed by atoms with Crippen molar-refractivity contribution in [2.75, 3.05) is 4.90 Å². The van der Waals surface area contributed by atoms with Crippen molar-refractivity contribution in [1.82, 2.24) is 0 Å². The van der Waals surface area contributed by atoms with Crippen molar-refractivity contribution in [2.24, 2.45) is 0 Å². The topological polar surface area (TPSA) is 16.4 Å². The van der Waals surface area contributed by atoms with Gasteiger partial charge in [0.25, 0.3) is 0 Å². The van der Waals surface area contributed by atoms with Crippen molar-refractivity contribution in [2.45, 2.75) is 19.3 Å². The second kappa shape index (κ2) is 10.6. The summed E-state index contributed by atoms with van der Waals surface area (Å²) in [5.41, 5.74) is 15.2. The number of rotatable bonds is 5. The second-order valence-corrected chi connectivity index (χ2v) is 12.9. The Kier molecular flexibility index (Phi) is 6.20. The Bertz CT molecular complexity index is 2440. The van der Waals surface area contributed by atoms with Crippen LogP contribution in [0.4, 0.5) is 17.1 Å². The van der Waals surface area contributed by atoms with E-state index in [-0.39, 0.29) is 5.41 Å². The van der Waals surface area contributed by atoms with Crippen molar-refractivity contribution >= 4 is 39.0 Å². The van der Waals surface area contributed by atoms with Gasteiger partial charge in [-0.25, -0.2) is 0 Å². The van der Waals surface area contributed by atoms with E-state index in [1.54, 1.807) is 0 Å². The maximum absolute atomic E-state index is 6.31. The molecule has 0 bridgehead atoms. The molecule has 0 atom stereocenters. The summed E-state index contributed by atoms with van der Waals surface area (Å²) in [7, 11) is 0. The molecule has 0 unspecified atom stereocenters. The fourth-order valence-corrected chi connectivity index (χ4v) is 7.57. The highest BCUT2D eigenvalue weighted by Gasteiger charge is 2.36. The van der Waals surface area contributed by atoms with Gasteiger partial charge in [-0.05, 0) is 87.5 Å². The fourth-order valence-electron chi connectivity index (χ4n) is 7.57. The van der Waals surface area contributed by atoms with Crippen LogP contribution in [0.5, 0.6) is 0 Å². The number of hydrogen-bond acceptors (Lipinski definition) is 2. The van der Waals surface area contributed by atoms with Crippen LogP contribution >= 0.6 is 0 Å². The van der Waals surface area contributed by atoms with Gasteiger partial charge in [0.15, 0.2) is 0 Å². The standard InChI is InChI=1S/C45H33NO/c1-45(2)39-28-31(30-14-5-3-6-15-30)24-26-34(39)35-27-25-33(29-40(35)45)46(32-16-7-4-8-17-32)41-21-11-9-18-36(41)37-20-13-23-43-44(37)38-19-10-12-22-42(38)47-43/h3-29H,1-2H3. The monoisotopic (exact) mass is 603 g/mol. The van der Waals surface area contributed by atoms with Gasteiger partial charge in [-0.15, -0.1) is 0 Å². The van der Waals surface area contributed by atoms with Gasteiger partial charge < -0.3 is 9.32 Å². The molecule has 7 aromatic carbocycles. The van der Waals surface area contributed by atoms with E-state index in [0.717, 1.165) is 50.1 Å². The van der Waals surface area contributed by atoms with Gasteiger partial charge >= 0.3 is 0 Å². The van der Waals surface area contributed by atoms with Crippen LogP contribution in [-0.2, 0) is 5.41 Å². The summed E-state index contributed by atoms with van der Waals surface area (Å²) in [5, 5.41) is 2.27. The van der Waals surface area contributed by atoms with Gasteiger partial charge in [0.2, 0.25) is 0 Å². The molecular formula is C45H33NO. The van der Waals surface area contributed by atoms with Gasteiger partial charge in [-0.3, -0.25) is 0 Å². The Labute approximate surface area is 275 Å². The van der Waals surface area contributed by atoms with Crippen LogP contribution in [0.15, 0.2) is 168 Å². The zero-order valence-corrected chi connectivity index (χ0v) is 26.4. The zero-order valence-electron chi connectivity index (χ0n) is 26.4. The van der Waals surface area contributed by atoms with Crippen LogP contribution in [0.25, 0.3) is 55.3 Å². The molecule has 0 radical (unpaired) electrons. The molecule has 0 N–H and O–H groups in total. The number of para-hydroxylation sites is 3. The summed E-state index contributed by atoms with van der Waals surface area (Å²) in [6, 6.07) is 58.9. The van der Waals surface area contributed by atoms with E-state index in [1.807, 2.05) is 6.07 Å². The molecule has 224 valence electrons. The molecule has 1 heterocycles. The van der Waals surface area contributed by atoms with Crippen molar-refractivity contribution < 1.29 is 4.42 Å². The van der Waals surface area contributed by atoms with Crippen molar-refractivity contribution in [3.8, 4) is 33.4 Å². The summed E-state index contributed by atoms with van der Waals surface area (Å²) in [5.74, 6) is 0. The molecule has 0 fully saturated rings. The quantitative estimate of drug-likeness (QED) is 0.195. The van der Waals surface area contributed by atoms with Gasteiger partial charge in [-0.2, -0.15) is 0 Å². The lowest BCUT2D eigenvalue weighted by atomic mass is 9.81. The first-order chi connectivity index (χ1) is 23.1. The van der Waals surface area contributed by atoms with E-state index >= 15 is 0 Å². The minimum atomic E-state index is -0.158. The van der Waals surface area contributed by atoms with Gasteiger partial charge in [0.1, 0.15) is 11.2 Å². The number of anilines is 3. The molecule has 1 aromatic heterocycles. The van der Waals surface area contributed by atoms with Crippen LogP contribution < -0.4 is 4.90 Å². The molecule has 9 rings (SSSR count). The first-order valence-electron chi connectivity index (χ1n) is 16.3. The van der Waals surface area contributed by atoms with E-state index in [4.69, 9.17) is 4.42 Å². The molecule has 1 aliphatic carbocycles. The van der Waals surface area contributed by atoms with Gasteiger partial charge in [-0.1, -0.05) is 129 Å². The number of nitrogens with zero attached hydrogens (tertiary/aromatic N) is 1. The Morgan fingerprint density at radius 1 is 0.447 bits per heavy atom. The van der Waals surface area contributed by atoms with E-state index < -0.39 is 0 Å². The summed E-state index contributed by atoms with van der Waals surface area (Å²) in [4.78, 5) is 2.41. The molecule has 2 heteroatoms. The zero-order chi connectivity index (χ0) is 31.5. The van der Waals surface area contributed by atoms with Crippen LogP contribution in [0, 0.1) is 0 Å². The Morgan fingerprint density at radius 2 is 1.09 bits per heavy atom. The van der Waals surface area contributed by atoms with E-state index in [2.05, 4.69) is 176 Å². The molecule has 0 saturated heterocycles. The lowest BCUT2D eigenvalue weighted by Gasteiger charge is -2.30. The third kappa shape index (κ3) is 4.33. The summed E-state index contributed by atoms with van der Waals surface area (Å²) >= 11 is 0. The molecule has 0 saturated carbocycles. The predicted octanol–water partition coefficient (Wildman–Crippen LogP) is 12.7. The molecular weight excluding hydrogens is 571 g/mol. The smallest absolute Gasteiger partial charge is 0.136 e. The maximum atomic E-state index is 6.31. The average molecular weight is 604 g/mol. The molecule has 8 aromatic rings. The summed E-state index contributed by atoms with van der Waals surface area (Å²) in [6.07, 6.45) is 0. The minimum absolute atomic E-state index is 0.158. The van der Waals surface area contributed by atoms with Crippen LogP contribution in [0.2, 0.25) is 0 Å². The predicted molar refractivity (Wildman–Crippen MR) is 197 cm³/mol. The largest absolute Gasteiger partial charge is 0.456 e. The molecule has 47 heavy (non-hydrogen) atoms. The fraction of sp³-hybridized carbons (Fsp3) is 0.0667. The number of fused-ring (bicyclic) bond motifs is 6. The molecule has 1 aliphatic rings. The maximum Gasteiger partial charge on any atom is 0.136 e. The second-order valence-electron chi connectivity index (χ2n) is 12.9. The summed E-state index contributed by atoms with van der Waals surface area (Å²) in [6.45, 7) is 4.73. The lowest BCUT2D eigenvalue weighted by molar-refractivity contribution is 0.660. The molecule has 0 spiro atoms. The normalized spacial score (nSPS) is 13.1. The third-order valence-corrected chi connectivity index (χ3v) is 9.88. The van der Waals surface area contributed by atoms with Crippen LogP contribution in [0.3, 0.4) is 0 Å². The van der Waals surface area contributed by atoms with E-state index in [9.17, 15) is 0 Å². The highest BCUT2D eigenvalue weighted by Crippen LogP contribution is 2.52. The Hall–Kier alpha value is -5.86. The Balaban J connectivity index is 1.23. The average Bonchev–Trinajstić information content (AvgIpc) is 3.61. The third-order valence-electron chi connectivity index (χ3n) is 9.88. The number of benzene rings is 7. The first kappa shape index (κ1) is 27.5. The highest BCUT2D eigenvalue weighted by atomic mass is 16.3. The molecule has 2 nitrogen and oxygen atoms in total. The van der Waals surface area contributed by atoms with Crippen molar-refractivity contribution in [3.63, 3.8) is 0 Å².